The van der Waals surface area contributed by atoms with Crippen molar-refractivity contribution in [3.05, 3.63) is 29.6 Å². The molecule has 1 unspecified atom stereocenters. The second kappa shape index (κ2) is 6.35. The summed E-state index contributed by atoms with van der Waals surface area (Å²) in [6.45, 7) is 4.11. The predicted octanol–water partition coefficient (Wildman–Crippen LogP) is 0.973. The molecule has 98 valence electrons. The number of guanidine groups is 1. The van der Waals surface area contributed by atoms with Gasteiger partial charge < -0.3 is 15.8 Å². The standard InChI is InChI=1S/C13H20N4O/c1-10-4-5-11(7-15-10)8-16-13(14)17-9-12-3-2-6-18-12/h4-5,7,12H,2-3,6,8-9H2,1H3,(H3,14,16,17). The first-order chi connectivity index (χ1) is 8.74. The molecule has 1 atom stereocenters. The number of hydrogen-bond donors (Lipinski definition) is 2. The lowest BCUT2D eigenvalue weighted by Gasteiger charge is -2.10. The van der Waals surface area contributed by atoms with Crippen LogP contribution < -0.4 is 11.1 Å². The summed E-state index contributed by atoms with van der Waals surface area (Å²) in [5.41, 5.74) is 7.86. The van der Waals surface area contributed by atoms with Gasteiger partial charge in [-0.05, 0) is 31.4 Å². The van der Waals surface area contributed by atoms with Gasteiger partial charge in [0.05, 0.1) is 12.6 Å². The van der Waals surface area contributed by atoms with Gasteiger partial charge in [0.2, 0.25) is 0 Å². The molecule has 1 aromatic rings. The average Bonchev–Trinajstić information content (AvgIpc) is 2.89. The summed E-state index contributed by atoms with van der Waals surface area (Å²) in [4.78, 5) is 8.49. The van der Waals surface area contributed by atoms with Crippen LogP contribution in [0.15, 0.2) is 23.3 Å². The van der Waals surface area contributed by atoms with Crippen molar-refractivity contribution < 1.29 is 4.74 Å². The third kappa shape index (κ3) is 4.00. The summed E-state index contributed by atoms with van der Waals surface area (Å²) < 4.78 is 5.50. The Labute approximate surface area is 107 Å². The first-order valence-electron chi connectivity index (χ1n) is 6.31. The van der Waals surface area contributed by atoms with Crippen molar-refractivity contribution in [2.24, 2.45) is 10.7 Å². The third-order valence-corrected chi connectivity index (χ3v) is 2.94. The molecule has 0 bridgehead atoms. The Morgan fingerprint density at radius 3 is 3.17 bits per heavy atom. The maximum absolute atomic E-state index is 5.79. The first kappa shape index (κ1) is 12.8. The lowest BCUT2D eigenvalue weighted by molar-refractivity contribution is 0.114. The van der Waals surface area contributed by atoms with Gasteiger partial charge >= 0.3 is 0 Å². The molecule has 0 aliphatic carbocycles. The number of pyridine rings is 1. The monoisotopic (exact) mass is 248 g/mol. The van der Waals surface area contributed by atoms with E-state index in [0.29, 0.717) is 12.5 Å². The maximum atomic E-state index is 5.79. The largest absolute Gasteiger partial charge is 0.376 e. The van der Waals surface area contributed by atoms with E-state index in [-0.39, 0.29) is 6.10 Å². The van der Waals surface area contributed by atoms with Gasteiger partial charge in [-0.25, -0.2) is 4.99 Å². The number of ether oxygens (including phenoxy) is 1. The van der Waals surface area contributed by atoms with Crippen LogP contribution >= 0.6 is 0 Å². The lowest BCUT2D eigenvalue weighted by Crippen LogP contribution is -2.37. The highest BCUT2D eigenvalue weighted by molar-refractivity contribution is 5.77. The molecule has 5 heteroatoms. The Balaban J connectivity index is 1.75. The topological polar surface area (TPSA) is 72.5 Å². The minimum atomic E-state index is 0.278. The molecule has 0 saturated carbocycles. The van der Waals surface area contributed by atoms with Crippen LogP contribution in [-0.4, -0.2) is 30.2 Å². The quantitative estimate of drug-likeness (QED) is 0.615. The van der Waals surface area contributed by atoms with Crippen LogP contribution in [0, 0.1) is 6.92 Å². The van der Waals surface area contributed by atoms with Gasteiger partial charge in [0, 0.05) is 25.0 Å². The molecular weight excluding hydrogens is 228 g/mol. The molecular formula is C13H20N4O. The van der Waals surface area contributed by atoms with E-state index >= 15 is 0 Å². The number of nitrogens with one attached hydrogen (secondary N) is 1. The van der Waals surface area contributed by atoms with E-state index in [9.17, 15) is 0 Å². The molecule has 1 aliphatic heterocycles. The average molecular weight is 248 g/mol. The fraction of sp³-hybridized carbons (Fsp3) is 0.538. The van der Waals surface area contributed by atoms with Crippen LogP contribution in [0.25, 0.3) is 0 Å². The zero-order valence-electron chi connectivity index (χ0n) is 10.7. The molecule has 1 aromatic heterocycles. The zero-order chi connectivity index (χ0) is 12.8. The summed E-state index contributed by atoms with van der Waals surface area (Å²) >= 11 is 0. The smallest absolute Gasteiger partial charge is 0.189 e. The van der Waals surface area contributed by atoms with E-state index in [4.69, 9.17) is 10.5 Å². The molecule has 2 rings (SSSR count). The second-order valence-corrected chi connectivity index (χ2v) is 4.53. The van der Waals surface area contributed by atoms with Crippen molar-refractivity contribution >= 4 is 5.96 Å². The van der Waals surface area contributed by atoms with Crippen LogP contribution in [0.4, 0.5) is 0 Å². The highest BCUT2D eigenvalue weighted by atomic mass is 16.5. The summed E-state index contributed by atoms with van der Waals surface area (Å²) in [7, 11) is 0. The Hall–Kier alpha value is -1.62. The predicted molar refractivity (Wildman–Crippen MR) is 71.3 cm³/mol. The van der Waals surface area contributed by atoms with Gasteiger partial charge in [0.15, 0.2) is 5.96 Å². The SMILES string of the molecule is Cc1ccc(CN=C(N)NCC2CCCO2)cn1. The molecule has 18 heavy (non-hydrogen) atoms. The van der Waals surface area contributed by atoms with Crippen molar-refractivity contribution in [3.8, 4) is 0 Å². The van der Waals surface area contributed by atoms with Crippen LogP contribution in [0.2, 0.25) is 0 Å². The Bertz CT molecular complexity index is 396. The van der Waals surface area contributed by atoms with Crippen LogP contribution in [0.3, 0.4) is 0 Å². The molecule has 1 aliphatic rings. The van der Waals surface area contributed by atoms with Crippen molar-refractivity contribution in [1.82, 2.24) is 10.3 Å². The van der Waals surface area contributed by atoms with Crippen molar-refractivity contribution in [3.63, 3.8) is 0 Å². The number of hydrogen-bond acceptors (Lipinski definition) is 3. The molecule has 0 amide bonds. The molecule has 2 heterocycles. The minimum Gasteiger partial charge on any atom is -0.376 e. The Kier molecular flexibility index (Phi) is 4.52. The maximum Gasteiger partial charge on any atom is 0.189 e. The number of nitrogens with two attached hydrogens (primary N) is 1. The summed E-state index contributed by atoms with van der Waals surface area (Å²) in [5, 5.41) is 3.09. The number of nitrogens with zero attached hydrogens (tertiary/aromatic N) is 2. The van der Waals surface area contributed by atoms with Crippen LogP contribution in [0.1, 0.15) is 24.1 Å². The van der Waals surface area contributed by atoms with Gasteiger partial charge in [0.25, 0.3) is 0 Å². The molecule has 5 nitrogen and oxygen atoms in total. The molecule has 1 fully saturated rings. The van der Waals surface area contributed by atoms with Gasteiger partial charge in [-0.1, -0.05) is 6.07 Å². The summed E-state index contributed by atoms with van der Waals surface area (Å²) in [6.07, 6.45) is 4.34. The Morgan fingerprint density at radius 1 is 1.61 bits per heavy atom. The van der Waals surface area contributed by atoms with Crippen molar-refractivity contribution in [1.29, 1.82) is 0 Å². The first-order valence-corrected chi connectivity index (χ1v) is 6.31. The van der Waals surface area contributed by atoms with Crippen LogP contribution in [-0.2, 0) is 11.3 Å². The normalized spacial score (nSPS) is 20.1. The van der Waals surface area contributed by atoms with Crippen molar-refractivity contribution in [2.75, 3.05) is 13.2 Å². The minimum absolute atomic E-state index is 0.278. The van der Waals surface area contributed by atoms with E-state index in [1.54, 1.807) is 0 Å². The zero-order valence-corrected chi connectivity index (χ0v) is 10.7. The fourth-order valence-corrected chi connectivity index (χ4v) is 1.85. The number of aryl methyl sites for hydroxylation is 1. The van der Waals surface area contributed by atoms with Gasteiger partial charge in [0.1, 0.15) is 0 Å². The number of aromatic nitrogens is 1. The van der Waals surface area contributed by atoms with E-state index in [2.05, 4.69) is 15.3 Å². The molecule has 3 N–H and O–H groups in total. The van der Waals surface area contributed by atoms with Gasteiger partial charge in [-0.15, -0.1) is 0 Å². The summed E-state index contributed by atoms with van der Waals surface area (Å²) in [5.74, 6) is 0.464. The Morgan fingerprint density at radius 2 is 2.50 bits per heavy atom. The molecule has 0 aromatic carbocycles. The third-order valence-electron chi connectivity index (χ3n) is 2.94. The lowest BCUT2D eigenvalue weighted by atomic mass is 10.2. The van der Waals surface area contributed by atoms with Gasteiger partial charge in [-0.2, -0.15) is 0 Å². The van der Waals surface area contributed by atoms with E-state index in [0.717, 1.165) is 37.3 Å². The molecule has 0 spiro atoms. The fourth-order valence-electron chi connectivity index (χ4n) is 1.85. The van der Waals surface area contributed by atoms with Crippen LogP contribution in [0.5, 0.6) is 0 Å². The van der Waals surface area contributed by atoms with E-state index in [1.165, 1.54) is 0 Å². The van der Waals surface area contributed by atoms with Gasteiger partial charge in [-0.3, -0.25) is 4.98 Å². The van der Waals surface area contributed by atoms with E-state index < -0.39 is 0 Å². The molecule has 0 radical (unpaired) electrons. The van der Waals surface area contributed by atoms with E-state index in [1.807, 2.05) is 25.3 Å². The number of rotatable bonds is 4. The molecule has 1 saturated heterocycles. The highest BCUT2D eigenvalue weighted by Gasteiger charge is 2.14. The summed E-state index contributed by atoms with van der Waals surface area (Å²) in [6, 6.07) is 3.99. The number of aliphatic imine (C=N–C) groups is 1. The highest BCUT2D eigenvalue weighted by Crippen LogP contribution is 2.10. The second-order valence-electron chi connectivity index (χ2n) is 4.53. The van der Waals surface area contributed by atoms with Crippen molar-refractivity contribution in [2.45, 2.75) is 32.4 Å².